The Morgan fingerprint density at radius 1 is 1.50 bits per heavy atom. The van der Waals surface area contributed by atoms with Gasteiger partial charge in [-0.25, -0.2) is 18.1 Å². The molecule has 1 aromatic rings. The van der Waals surface area contributed by atoms with Gasteiger partial charge in [-0.15, -0.1) is 12.4 Å². The second-order valence-electron chi connectivity index (χ2n) is 4.31. The number of rotatable bonds is 5. The van der Waals surface area contributed by atoms with Crippen LogP contribution in [0.3, 0.4) is 0 Å². The molecule has 0 amide bonds. The Balaban J connectivity index is 0.00000162. The smallest absolute Gasteiger partial charge is 0.257 e. The van der Waals surface area contributed by atoms with Crippen LogP contribution in [-0.2, 0) is 10.0 Å². The normalized spacial score (nSPS) is 20.3. The first-order valence-electron chi connectivity index (χ1n) is 5.87. The second-order valence-corrected chi connectivity index (χ2v) is 6.05. The van der Waals surface area contributed by atoms with Crippen LogP contribution in [0.15, 0.2) is 17.6 Å². The third kappa shape index (κ3) is 4.24. The highest BCUT2D eigenvalue weighted by Gasteiger charge is 2.17. The minimum absolute atomic E-state index is 0. The number of hydrogen-bond donors (Lipinski definition) is 3. The number of nitrogens with zero attached hydrogens (tertiary/aromatic N) is 1. The van der Waals surface area contributed by atoms with Gasteiger partial charge in [0.05, 0.1) is 12.5 Å². The molecule has 1 fully saturated rings. The van der Waals surface area contributed by atoms with E-state index in [9.17, 15) is 8.42 Å². The summed E-state index contributed by atoms with van der Waals surface area (Å²) in [5.74, 6) is 0.577. The van der Waals surface area contributed by atoms with Crippen LogP contribution in [0, 0.1) is 5.92 Å². The topological polar surface area (TPSA) is 86.9 Å². The van der Waals surface area contributed by atoms with Gasteiger partial charge in [-0.3, -0.25) is 0 Å². The van der Waals surface area contributed by atoms with Crippen LogP contribution in [0.5, 0.6) is 0 Å². The maximum atomic E-state index is 11.7. The van der Waals surface area contributed by atoms with Gasteiger partial charge in [0.15, 0.2) is 5.03 Å². The van der Waals surface area contributed by atoms with Gasteiger partial charge in [-0.2, -0.15) is 0 Å². The summed E-state index contributed by atoms with van der Waals surface area (Å²) in [6.07, 6.45) is 5.90. The van der Waals surface area contributed by atoms with E-state index in [0.29, 0.717) is 12.5 Å². The van der Waals surface area contributed by atoms with Gasteiger partial charge in [-0.05, 0) is 38.3 Å². The van der Waals surface area contributed by atoms with E-state index in [1.54, 1.807) is 0 Å². The fraction of sp³-hybridized carbons (Fsp3) is 0.700. The van der Waals surface area contributed by atoms with Crippen LogP contribution >= 0.6 is 12.4 Å². The number of hydrogen-bond acceptors (Lipinski definition) is 4. The summed E-state index contributed by atoms with van der Waals surface area (Å²) >= 11 is 0. The van der Waals surface area contributed by atoms with Gasteiger partial charge in [0.2, 0.25) is 0 Å². The van der Waals surface area contributed by atoms with Gasteiger partial charge in [-0.1, -0.05) is 0 Å². The lowest BCUT2D eigenvalue weighted by molar-refractivity contribution is 0.358. The third-order valence-electron chi connectivity index (χ3n) is 3.01. The lowest BCUT2D eigenvalue weighted by Crippen LogP contribution is -2.33. The minimum Gasteiger partial charge on any atom is -0.335 e. The van der Waals surface area contributed by atoms with Gasteiger partial charge in [0.1, 0.15) is 0 Å². The molecule has 2 heterocycles. The van der Waals surface area contributed by atoms with Gasteiger partial charge < -0.3 is 10.3 Å². The molecule has 0 spiro atoms. The molecule has 1 atom stereocenters. The minimum atomic E-state index is -3.41. The maximum Gasteiger partial charge on any atom is 0.257 e. The zero-order valence-electron chi connectivity index (χ0n) is 10.1. The Morgan fingerprint density at radius 2 is 2.33 bits per heavy atom. The fourth-order valence-electron chi connectivity index (χ4n) is 2.04. The number of sulfonamides is 1. The highest BCUT2D eigenvalue weighted by molar-refractivity contribution is 7.89. The van der Waals surface area contributed by atoms with E-state index >= 15 is 0 Å². The summed E-state index contributed by atoms with van der Waals surface area (Å²) in [6, 6.07) is 0. The van der Waals surface area contributed by atoms with Crippen LogP contribution in [0.4, 0.5) is 0 Å². The summed E-state index contributed by atoms with van der Waals surface area (Å²) < 4.78 is 26.1. The molecule has 1 aromatic heterocycles. The van der Waals surface area contributed by atoms with Crippen LogP contribution in [0.2, 0.25) is 0 Å². The third-order valence-corrected chi connectivity index (χ3v) is 4.39. The monoisotopic (exact) mass is 294 g/mol. The molecular weight excluding hydrogens is 276 g/mol. The Labute approximate surface area is 113 Å². The number of piperidine rings is 1. The van der Waals surface area contributed by atoms with E-state index < -0.39 is 10.0 Å². The SMILES string of the molecule is Cl.O=S(=O)(NCCC1CCCNC1)c1cnc[nH]1. The number of imidazole rings is 1. The molecule has 0 aromatic carbocycles. The first kappa shape index (κ1) is 15.4. The molecule has 0 bridgehead atoms. The summed E-state index contributed by atoms with van der Waals surface area (Å²) in [5.41, 5.74) is 0. The summed E-state index contributed by atoms with van der Waals surface area (Å²) in [6.45, 7) is 2.55. The highest BCUT2D eigenvalue weighted by atomic mass is 35.5. The van der Waals surface area contributed by atoms with Gasteiger partial charge in [0.25, 0.3) is 10.0 Å². The Hall–Kier alpha value is -0.630. The largest absolute Gasteiger partial charge is 0.335 e. The van der Waals surface area contributed by atoms with Crippen molar-refractivity contribution >= 4 is 22.4 Å². The van der Waals surface area contributed by atoms with Crippen molar-refractivity contribution in [2.75, 3.05) is 19.6 Å². The average molecular weight is 295 g/mol. The number of H-pyrrole nitrogens is 1. The first-order valence-corrected chi connectivity index (χ1v) is 7.35. The van der Waals surface area contributed by atoms with Crippen LogP contribution < -0.4 is 10.0 Å². The van der Waals surface area contributed by atoms with Crippen molar-refractivity contribution in [3.63, 3.8) is 0 Å². The Bertz CT molecular complexity index is 429. The van der Waals surface area contributed by atoms with E-state index in [4.69, 9.17) is 0 Å². The molecule has 1 unspecified atom stereocenters. The quantitative estimate of drug-likeness (QED) is 0.738. The molecule has 3 N–H and O–H groups in total. The fourth-order valence-corrected chi connectivity index (χ4v) is 2.99. The van der Waals surface area contributed by atoms with E-state index in [-0.39, 0.29) is 17.4 Å². The standard InChI is InChI=1S/C10H18N4O2S.ClH/c15-17(16,10-7-12-8-13-10)14-5-3-9-2-1-4-11-6-9;/h7-9,11,14H,1-6H2,(H,12,13);1H. The zero-order chi connectivity index (χ0) is 12.1. The van der Waals surface area contributed by atoms with E-state index in [1.165, 1.54) is 25.4 Å². The van der Waals surface area contributed by atoms with E-state index in [1.807, 2.05) is 0 Å². The van der Waals surface area contributed by atoms with Gasteiger partial charge in [0, 0.05) is 6.54 Å². The lowest BCUT2D eigenvalue weighted by Gasteiger charge is -2.22. The molecule has 6 nitrogen and oxygen atoms in total. The molecule has 0 radical (unpaired) electrons. The predicted octanol–water partition coefficient (Wildman–Crippen LogP) is 0.499. The van der Waals surface area contributed by atoms with Crippen molar-refractivity contribution in [3.05, 3.63) is 12.5 Å². The average Bonchev–Trinajstić information content (AvgIpc) is 2.84. The highest BCUT2D eigenvalue weighted by Crippen LogP contribution is 2.13. The van der Waals surface area contributed by atoms with Crippen molar-refractivity contribution in [3.8, 4) is 0 Å². The predicted molar refractivity (Wildman–Crippen MR) is 71.2 cm³/mol. The van der Waals surface area contributed by atoms with Crippen molar-refractivity contribution in [2.24, 2.45) is 5.92 Å². The first-order chi connectivity index (χ1) is 8.18. The van der Waals surface area contributed by atoms with E-state index in [2.05, 4.69) is 20.0 Å². The number of aromatic amines is 1. The van der Waals surface area contributed by atoms with Crippen LogP contribution in [0.1, 0.15) is 19.3 Å². The summed E-state index contributed by atoms with van der Waals surface area (Å²) in [7, 11) is -3.41. The maximum absolute atomic E-state index is 11.7. The Kier molecular flexibility index (Phi) is 6.07. The Morgan fingerprint density at radius 3 is 2.94 bits per heavy atom. The lowest BCUT2D eigenvalue weighted by atomic mass is 9.96. The summed E-state index contributed by atoms with van der Waals surface area (Å²) in [4.78, 5) is 6.29. The van der Waals surface area contributed by atoms with Crippen molar-refractivity contribution in [2.45, 2.75) is 24.3 Å². The molecular formula is C10H19ClN4O2S. The van der Waals surface area contributed by atoms with Crippen LogP contribution in [-0.4, -0.2) is 38.0 Å². The molecule has 104 valence electrons. The molecule has 1 aliphatic rings. The number of nitrogens with one attached hydrogen (secondary N) is 3. The molecule has 1 saturated heterocycles. The number of halogens is 1. The van der Waals surface area contributed by atoms with Gasteiger partial charge >= 0.3 is 0 Å². The van der Waals surface area contributed by atoms with Crippen molar-refractivity contribution < 1.29 is 8.42 Å². The van der Waals surface area contributed by atoms with Crippen molar-refractivity contribution in [1.29, 1.82) is 0 Å². The summed E-state index contributed by atoms with van der Waals surface area (Å²) in [5, 5.41) is 3.44. The molecule has 1 aliphatic heterocycles. The van der Waals surface area contributed by atoms with Crippen LogP contribution in [0.25, 0.3) is 0 Å². The molecule has 2 rings (SSSR count). The molecule has 0 aliphatic carbocycles. The molecule has 18 heavy (non-hydrogen) atoms. The van der Waals surface area contributed by atoms with E-state index in [0.717, 1.165) is 19.5 Å². The second kappa shape index (κ2) is 7.08. The zero-order valence-corrected chi connectivity index (χ0v) is 11.7. The van der Waals surface area contributed by atoms with Crippen molar-refractivity contribution in [1.82, 2.24) is 20.0 Å². The molecule has 0 saturated carbocycles. The number of aromatic nitrogens is 2. The molecule has 8 heteroatoms.